The Hall–Kier alpha value is -4.36. The average Bonchev–Trinajstić information content (AvgIpc) is 3.59. The van der Waals surface area contributed by atoms with Gasteiger partial charge in [-0.15, -0.1) is 0 Å². The lowest BCUT2D eigenvalue weighted by atomic mass is 9.93. The lowest BCUT2D eigenvalue weighted by molar-refractivity contribution is -0.117. The number of amides is 1. The zero-order chi connectivity index (χ0) is 34.8. The number of hydrogen-bond acceptors (Lipinski definition) is 5. The van der Waals surface area contributed by atoms with E-state index in [1.807, 2.05) is 62.8 Å². The van der Waals surface area contributed by atoms with Crippen molar-refractivity contribution in [1.82, 2.24) is 15.1 Å². The first-order chi connectivity index (χ1) is 23.5. The number of aromatic nitrogens is 2. The monoisotopic (exact) mass is 678 g/mol. The molecule has 1 N–H and O–H groups in total. The molecule has 0 bridgehead atoms. The van der Waals surface area contributed by atoms with Crippen molar-refractivity contribution >= 4 is 34.6 Å². The number of Topliss-reactive ketones (excluding diaryl/α,β-unsaturated/α-hetero) is 1. The van der Waals surface area contributed by atoms with Crippen molar-refractivity contribution in [1.29, 1.82) is 0 Å². The fourth-order valence-electron chi connectivity index (χ4n) is 7.51. The maximum absolute atomic E-state index is 14.1. The molecule has 256 valence electrons. The van der Waals surface area contributed by atoms with Gasteiger partial charge in [-0.3, -0.25) is 14.3 Å². The topological polar surface area (TPSA) is 76.5 Å². The highest BCUT2D eigenvalue weighted by atomic mass is 35.5. The molecule has 1 amide bonds. The van der Waals surface area contributed by atoms with E-state index in [1.165, 1.54) is 6.42 Å². The Balaban J connectivity index is 1.25. The van der Waals surface area contributed by atoms with Crippen molar-refractivity contribution in [3.05, 3.63) is 104 Å². The van der Waals surface area contributed by atoms with Gasteiger partial charge in [0.15, 0.2) is 5.78 Å². The summed E-state index contributed by atoms with van der Waals surface area (Å²) >= 11 is 6.37. The predicted molar refractivity (Wildman–Crippen MR) is 199 cm³/mol. The number of allylic oxidation sites excluding steroid dienone is 1. The third-order valence-corrected chi connectivity index (χ3v) is 10.7. The van der Waals surface area contributed by atoms with Crippen LogP contribution in [0, 0.1) is 27.7 Å². The van der Waals surface area contributed by atoms with E-state index in [1.54, 1.807) is 6.92 Å². The first-order valence-electron chi connectivity index (χ1n) is 17.4. The number of anilines is 1. The second-order valence-electron chi connectivity index (χ2n) is 13.6. The summed E-state index contributed by atoms with van der Waals surface area (Å²) in [6.45, 7) is 12.5. The first kappa shape index (κ1) is 34.5. The number of nitrogens with one attached hydrogen (secondary N) is 1. The number of hydrogen-bond donors (Lipinski definition) is 1. The molecule has 1 saturated heterocycles. The number of ketones is 1. The maximum Gasteiger partial charge on any atom is 0.248 e. The van der Waals surface area contributed by atoms with Gasteiger partial charge in [0.1, 0.15) is 5.75 Å². The number of ether oxygens (including phenoxy) is 1. The Labute approximate surface area is 295 Å². The number of carbonyl (C=O) groups excluding carboxylic acids is 2. The van der Waals surface area contributed by atoms with Gasteiger partial charge in [-0.2, -0.15) is 5.10 Å². The number of benzene rings is 3. The minimum Gasteiger partial charge on any atom is -0.494 e. The van der Waals surface area contributed by atoms with Gasteiger partial charge in [0.05, 0.1) is 12.3 Å². The van der Waals surface area contributed by atoms with E-state index >= 15 is 0 Å². The maximum atomic E-state index is 14.1. The van der Waals surface area contributed by atoms with E-state index in [2.05, 4.69) is 40.4 Å². The highest BCUT2D eigenvalue weighted by Crippen LogP contribution is 2.42. The third kappa shape index (κ3) is 7.18. The van der Waals surface area contributed by atoms with Crippen LogP contribution in [0.2, 0.25) is 5.02 Å². The molecule has 0 saturated carbocycles. The fourth-order valence-corrected chi connectivity index (χ4v) is 7.62. The molecular weight excluding hydrogens is 632 g/mol. The number of halogens is 1. The summed E-state index contributed by atoms with van der Waals surface area (Å²) in [6.07, 6.45) is 5.52. The van der Waals surface area contributed by atoms with Gasteiger partial charge in [-0.05, 0) is 130 Å². The molecule has 0 unspecified atom stereocenters. The van der Waals surface area contributed by atoms with Crippen LogP contribution in [0.3, 0.4) is 0 Å². The number of nitrogens with zero attached hydrogens (tertiary/aromatic N) is 3. The zero-order valence-electron chi connectivity index (χ0n) is 29.6. The van der Waals surface area contributed by atoms with Gasteiger partial charge in [-0.1, -0.05) is 35.9 Å². The Morgan fingerprint density at radius 2 is 1.67 bits per heavy atom. The Bertz CT molecular complexity index is 1930. The van der Waals surface area contributed by atoms with Crippen molar-refractivity contribution in [2.24, 2.45) is 7.05 Å². The van der Waals surface area contributed by atoms with E-state index in [4.69, 9.17) is 16.3 Å². The lowest BCUT2D eigenvalue weighted by Crippen LogP contribution is -2.31. The number of piperidine rings is 1. The summed E-state index contributed by atoms with van der Waals surface area (Å²) in [5, 5.41) is 8.66. The van der Waals surface area contributed by atoms with Crippen LogP contribution in [0.4, 0.5) is 5.69 Å². The molecule has 0 radical (unpaired) electrons. The fraction of sp³-hybridized carbons (Fsp3) is 0.390. The standard InChI is InChI=1S/C41H47ClN4O3/c1-25-20-31(21-26(2)40(25)42)49-19-11-14-33-32-12-10-13-34(39-27(3)44-45(6)28(39)4)36(32)23-37(33)41(48)43-24-30-15-16-38(35(22-30)29(5)47)46-17-8-7-9-18-46/h10,12-13,15-16,20-22H,7-9,11,14,17-19,23-24H2,1-6H3,(H,43,48). The molecule has 1 aliphatic carbocycles. The molecule has 0 spiro atoms. The van der Waals surface area contributed by atoms with Crippen LogP contribution >= 0.6 is 11.6 Å². The van der Waals surface area contributed by atoms with Crippen LogP contribution in [0.5, 0.6) is 5.75 Å². The number of carbonyl (C=O) groups is 2. The van der Waals surface area contributed by atoms with Gasteiger partial charge in [0, 0.05) is 66.2 Å². The molecule has 0 atom stereocenters. The van der Waals surface area contributed by atoms with Gasteiger partial charge in [0.2, 0.25) is 5.91 Å². The Morgan fingerprint density at radius 3 is 2.35 bits per heavy atom. The van der Waals surface area contributed by atoms with Crippen molar-refractivity contribution < 1.29 is 14.3 Å². The SMILES string of the molecule is CC(=O)c1cc(CNC(=O)C2=C(CCCOc3cc(C)c(Cl)c(C)c3)c3cccc(-c4c(C)nn(C)c4C)c3C2)ccc1N1CCCCC1. The largest absolute Gasteiger partial charge is 0.494 e. The van der Waals surface area contributed by atoms with E-state index in [-0.39, 0.29) is 11.7 Å². The molecule has 1 fully saturated rings. The highest BCUT2D eigenvalue weighted by Gasteiger charge is 2.29. The van der Waals surface area contributed by atoms with Gasteiger partial charge < -0.3 is 15.0 Å². The molecular formula is C41H47ClN4O3. The quantitative estimate of drug-likeness (QED) is 0.127. The van der Waals surface area contributed by atoms with Crippen LogP contribution in [-0.2, 0) is 24.8 Å². The van der Waals surface area contributed by atoms with Crippen LogP contribution in [0.25, 0.3) is 16.7 Å². The molecule has 6 rings (SSSR count). The summed E-state index contributed by atoms with van der Waals surface area (Å²) in [4.78, 5) is 29.1. The van der Waals surface area contributed by atoms with E-state index in [9.17, 15) is 9.59 Å². The predicted octanol–water partition coefficient (Wildman–Crippen LogP) is 8.65. The van der Waals surface area contributed by atoms with E-state index in [0.29, 0.717) is 26.0 Å². The molecule has 4 aromatic rings. The van der Waals surface area contributed by atoms with Crippen molar-refractivity contribution in [3.63, 3.8) is 0 Å². The van der Waals surface area contributed by atoms with Crippen LogP contribution in [0.15, 0.2) is 54.1 Å². The highest BCUT2D eigenvalue weighted by molar-refractivity contribution is 6.32. The summed E-state index contributed by atoms with van der Waals surface area (Å²) < 4.78 is 8.08. The van der Waals surface area contributed by atoms with Crippen LogP contribution < -0.4 is 15.0 Å². The molecule has 1 aromatic heterocycles. The second kappa shape index (κ2) is 14.6. The Kier molecular flexibility index (Phi) is 10.3. The van der Waals surface area contributed by atoms with Crippen molar-refractivity contribution in [2.75, 3.05) is 24.6 Å². The minimum atomic E-state index is -0.0777. The molecule has 7 nitrogen and oxygen atoms in total. The van der Waals surface area contributed by atoms with Gasteiger partial charge in [-0.25, -0.2) is 0 Å². The third-order valence-electron chi connectivity index (χ3n) is 10.1. The number of aryl methyl sites for hydroxylation is 4. The zero-order valence-corrected chi connectivity index (χ0v) is 30.4. The summed E-state index contributed by atoms with van der Waals surface area (Å²) in [6, 6.07) is 16.4. The first-order valence-corrected chi connectivity index (χ1v) is 17.8. The summed E-state index contributed by atoms with van der Waals surface area (Å²) in [7, 11) is 1.97. The average molecular weight is 679 g/mol. The minimum absolute atomic E-state index is 0.0460. The smallest absolute Gasteiger partial charge is 0.248 e. The molecule has 8 heteroatoms. The van der Waals surface area contributed by atoms with Gasteiger partial charge >= 0.3 is 0 Å². The second-order valence-corrected chi connectivity index (χ2v) is 14.0. The van der Waals surface area contributed by atoms with Crippen LogP contribution in [-0.4, -0.2) is 41.2 Å². The van der Waals surface area contributed by atoms with Crippen LogP contribution in [0.1, 0.15) is 88.6 Å². The number of fused-ring (bicyclic) bond motifs is 1. The molecule has 2 heterocycles. The molecule has 1 aliphatic heterocycles. The molecule has 3 aromatic carbocycles. The van der Waals surface area contributed by atoms with Crippen molar-refractivity contribution in [3.8, 4) is 16.9 Å². The van der Waals surface area contributed by atoms with E-state index in [0.717, 1.165) is 116 Å². The Morgan fingerprint density at radius 1 is 0.959 bits per heavy atom. The summed E-state index contributed by atoms with van der Waals surface area (Å²) in [5.74, 6) is 0.773. The number of rotatable bonds is 11. The molecule has 2 aliphatic rings. The molecule has 49 heavy (non-hydrogen) atoms. The summed E-state index contributed by atoms with van der Waals surface area (Å²) in [5.41, 5.74) is 13.1. The van der Waals surface area contributed by atoms with E-state index < -0.39 is 0 Å². The van der Waals surface area contributed by atoms with Gasteiger partial charge in [0.25, 0.3) is 0 Å². The lowest BCUT2D eigenvalue weighted by Gasteiger charge is -2.30. The normalized spacial score (nSPS) is 14.3. The van der Waals surface area contributed by atoms with Crippen molar-refractivity contribution in [2.45, 2.75) is 79.7 Å².